The molecule has 0 radical (unpaired) electrons. The van der Waals surface area contributed by atoms with Crippen LogP contribution in [0.25, 0.3) is 16.5 Å². The summed E-state index contributed by atoms with van der Waals surface area (Å²) >= 11 is 1.18. The number of nitrogens with zero attached hydrogens (tertiary/aromatic N) is 4. The highest BCUT2D eigenvalue weighted by Gasteiger charge is 2.13. The first-order valence-electron chi connectivity index (χ1n) is 8.15. The monoisotopic (exact) mass is 379 g/mol. The number of hydrogen-bond donors (Lipinski definition) is 1. The number of aromatic nitrogens is 4. The van der Waals surface area contributed by atoms with E-state index in [0.717, 1.165) is 16.5 Å². The maximum absolute atomic E-state index is 13.6. The highest BCUT2D eigenvalue weighted by atomic mass is 32.2. The summed E-state index contributed by atoms with van der Waals surface area (Å²) < 4.78 is 15.2. The zero-order valence-corrected chi connectivity index (χ0v) is 14.9. The molecule has 0 saturated carbocycles. The van der Waals surface area contributed by atoms with Crippen LogP contribution in [0.3, 0.4) is 0 Å². The van der Waals surface area contributed by atoms with Crippen LogP contribution in [0.5, 0.6) is 0 Å². The van der Waals surface area contributed by atoms with E-state index in [9.17, 15) is 9.18 Å². The van der Waals surface area contributed by atoms with Gasteiger partial charge in [0.2, 0.25) is 11.1 Å². The number of nitrogens with one attached hydrogen (secondary N) is 1. The minimum Gasteiger partial charge on any atom is -0.323 e. The van der Waals surface area contributed by atoms with Crippen molar-refractivity contribution in [3.63, 3.8) is 0 Å². The van der Waals surface area contributed by atoms with Crippen molar-refractivity contribution in [1.29, 1.82) is 0 Å². The van der Waals surface area contributed by atoms with Gasteiger partial charge in [-0.1, -0.05) is 54.2 Å². The fourth-order valence-corrected chi connectivity index (χ4v) is 3.31. The second-order valence-electron chi connectivity index (χ2n) is 5.72. The van der Waals surface area contributed by atoms with E-state index in [1.165, 1.54) is 23.9 Å². The Labute approximate surface area is 158 Å². The lowest BCUT2D eigenvalue weighted by Crippen LogP contribution is -2.15. The Morgan fingerprint density at radius 3 is 2.67 bits per heavy atom. The van der Waals surface area contributed by atoms with Gasteiger partial charge in [0.05, 0.1) is 17.1 Å². The van der Waals surface area contributed by atoms with Crippen LogP contribution in [-0.4, -0.2) is 31.9 Å². The highest BCUT2D eigenvalue weighted by Crippen LogP contribution is 2.22. The van der Waals surface area contributed by atoms with Gasteiger partial charge in [0.15, 0.2) is 0 Å². The van der Waals surface area contributed by atoms with E-state index in [1.807, 2.05) is 42.5 Å². The molecule has 1 heterocycles. The number of carbonyl (C=O) groups excluding carboxylic acids is 1. The van der Waals surface area contributed by atoms with E-state index in [-0.39, 0.29) is 17.3 Å². The summed E-state index contributed by atoms with van der Waals surface area (Å²) in [7, 11) is 0. The van der Waals surface area contributed by atoms with Crippen LogP contribution in [0.2, 0.25) is 0 Å². The average Bonchev–Trinajstić information content (AvgIpc) is 3.16. The van der Waals surface area contributed by atoms with Crippen LogP contribution in [0.4, 0.5) is 10.1 Å². The molecule has 0 atom stereocenters. The molecule has 0 aliphatic heterocycles. The fraction of sp³-hybridized carbons (Fsp3) is 0.0526. The van der Waals surface area contributed by atoms with Gasteiger partial charge in [-0.3, -0.25) is 4.79 Å². The minimum atomic E-state index is -0.475. The lowest BCUT2D eigenvalue weighted by atomic mass is 10.1. The Morgan fingerprint density at radius 1 is 1.04 bits per heavy atom. The van der Waals surface area contributed by atoms with Crippen LogP contribution >= 0.6 is 11.8 Å². The molecule has 0 aliphatic rings. The molecule has 0 aliphatic carbocycles. The lowest BCUT2D eigenvalue weighted by molar-refractivity contribution is -0.113. The first-order valence-corrected chi connectivity index (χ1v) is 9.14. The summed E-state index contributed by atoms with van der Waals surface area (Å²) in [5.41, 5.74) is 0.952. The standard InChI is InChI=1S/C19H14FN5OS/c20-16-7-3-4-8-17(16)21-18(26)12-27-19-22-23-24-25(19)15-10-9-13-5-1-2-6-14(13)11-15/h1-11H,12H2,(H,21,26). The molecular formula is C19H14FN5OS. The molecule has 3 aromatic carbocycles. The zero-order chi connectivity index (χ0) is 18.6. The molecule has 4 aromatic rings. The van der Waals surface area contributed by atoms with E-state index < -0.39 is 5.82 Å². The third kappa shape index (κ3) is 3.80. The van der Waals surface area contributed by atoms with Crippen molar-refractivity contribution in [2.45, 2.75) is 5.16 Å². The average molecular weight is 379 g/mol. The summed E-state index contributed by atoms with van der Waals surface area (Å²) in [5, 5.41) is 16.9. The van der Waals surface area contributed by atoms with Crippen molar-refractivity contribution in [2.24, 2.45) is 0 Å². The molecule has 6 nitrogen and oxygen atoms in total. The Kier molecular flexibility index (Phi) is 4.80. The number of hydrogen-bond acceptors (Lipinski definition) is 5. The number of para-hydroxylation sites is 1. The van der Waals surface area contributed by atoms with Crippen LogP contribution in [0.15, 0.2) is 71.9 Å². The molecule has 1 amide bonds. The van der Waals surface area contributed by atoms with Gasteiger partial charge >= 0.3 is 0 Å². The van der Waals surface area contributed by atoms with Gasteiger partial charge < -0.3 is 5.32 Å². The van der Waals surface area contributed by atoms with Gasteiger partial charge in [-0.05, 0) is 45.5 Å². The zero-order valence-electron chi connectivity index (χ0n) is 14.0. The van der Waals surface area contributed by atoms with E-state index in [0.29, 0.717) is 5.16 Å². The second kappa shape index (κ2) is 7.55. The fourth-order valence-electron chi connectivity index (χ4n) is 2.62. The summed E-state index contributed by atoms with van der Waals surface area (Å²) in [5.74, 6) is -0.752. The Bertz CT molecular complexity index is 1110. The molecule has 0 spiro atoms. The molecule has 0 saturated heterocycles. The molecule has 0 bridgehead atoms. The highest BCUT2D eigenvalue weighted by molar-refractivity contribution is 7.99. The number of benzene rings is 3. The van der Waals surface area contributed by atoms with Gasteiger partial charge in [-0.15, -0.1) is 5.10 Å². The van der Waals surface area contributed by atoms with Crippen LogP contribution in [0.1, 0.15) is 0 Å². The number of rotatable bonds is 5. The van der Waals surface area contributed by atoms with Gasteiger partial charge in [0, 0.05) is 0 Å². The molecule has 1 N–H and O–H groups in total. The second-order valence-corrected chi connectivity index (χ2v) is 6.66. The van der Waals surface area contributed by atoms with Crippen molar-refractivity contribution < 1.29 is 9.18 Å². The van der Waals surface area contributed by atoms with E-state index >= 15 is 0 Å². The largest absolute Gasteiger partial charge is 0.323 e. The van der Waals surface area contributed by atoms with Crippen molar-refractivity contribution >= 4 is 34.1 Å². The summed E-state index contributed by atoms with van der Waals surface area (Å²) in [4.78, 5) is 12.1. The third-order valence-corrected chi connectivity index (χ3v) is 4.82. The molecule has 134 valence electrons. The number of fused-ring (bicyclic) bond motifs is 1. The maximum Gasteiger partial charge on any atom is 0.234 e. The number of amides is 1. The minimum absolute atomic E-state index is 0.0578. The number of anilines is 1. The molecule has 27 heavy (non-hydrogen) atoms. The maximum atomic E-state index is 13.6. The van der Waals surface area contributed by atoms with Crippen LogP contribution < -0.4 is 5.32 Å². The molecule has 8 heteroatoms. The van der Waals surface area contributed by atoms with Crippen molar-refractivity contribution in [3.8, 4) is 5.69 Å². The van der Waals surface area contributed by atoms with E-state index in [2.05, 4.69) is 20.8 Å². The number of tetrazole rings is 1. The van der Waals surface area contributed by atoms with Gasteiger partial charge in [-0.2, -0.15) is 4.68 Å². The van der Waals surface area contributed by atoms with Gasteiger partial charge in [0.1, 0.15) is 5.82 Å². The lowest BCUT2D eigenvalue weighted by Gasteiger charge is -2.07. The summed E-state index contributed by atoms with van der Waals surface area (Å²) in [6.07, 6.45) is 0. The van der Waals surface area contributed by atoms with E-state index in [4.69, 9.17) is 0 Å². The molecular weight excluding hydrogens is 365 g/mol. The molecule has 1 aromatic heterocycles. The summed E-state index contributed by atoms with van der Waals surface area (Å²) in [6, 6.07) is 19.9. The molecule has 0 unspecified atom stereocenters. The smallest absolute Gasteiger partial charge is 0.234 e. The molecule has 4 rings (SSSR count). The van der Waals surface area contributed by atoms with E-state index in [1.54, 1.807) is 16.8 Å². The normalized spacial score (nSPS) is 10.9. The Hall–Kier alpha value is -3.26. The summed E-state index contributed by atoms with van der Waals surface area (Å²) in [6.45, 7) is 0. The quantitative estimate of drug-likeness (QED) is 0.536. The van der Waals surface area contributed by atoms with Crippen LogP contribution in [-0.2, 0) is 4.79 Å². The van der Waals surface area contributed by atoms with Gasteiger partial charge in [-0.25, -0.2) is 4.39 Å². The first kappa shape index (κ1) is 17.2. The molecule has 0 fully saturated rings. The van der Waals surface area contributed by atoms with Crippen LogP contribution in [0, 0.1) is 5.82 Å². The Morgan fingerprint density at radius 2 is 1.81 bits per heavy atom. The predicted molar refractivity (Wildman–Crippen MR) is 102 cm³/mol. The third-order valence-electron chi connectivity index (χ3n) is 3.90. The number of carbonyl (C=O) groups is 1. The topological polar surface area (TPSA) is 72.7 Å². The van der Waals surface area contributed by atoms with Crippen molar-refractivity contribution in [3.05, 3.63) is 72.5 Å². The predicted octanol–water partition coefficient (Wildman–Crippen LogP) is 3.69. The van der Waals surface area contributed by atoms with Crippen molar-refractivity contribution in [1.82, 2.24) is 20.2 Å². The Balaban J connectivity index is 1.48. The number of halogens is 1. The SMILES string of the molecule is O=C(CSc1nnnn1-c1ccc2ccccc2c1)Nc1ccccc1F. The van der Waals surface area contributed by atoms with Crippen molar-refractivity contribution in [2.75, 3.05) is 11.1 Å². The van der Waals surface area contributed by atoms with Gasteiger partial charge in [0.25, 0.3) is 0 Å². The number of thioether (sulfide) groups is 1. The first-order chi connectivity index (χ1) is 13.2.